The van der Waals surface area contributed by atoms with E-state index in [0.29, 0.717) is 5.56 Å². The Labute approximate surface area is 211 Å². The predicted octanol–water partition coefficient (Wildman–Crippen LogP) is 8.68. The van der Waals surface area contributed by atoms with Gasteiger partial charge in [-0.15, -0.1) is 0 Å². The number of hydrogen-bond acceptors (Lipinski definition) is 2. The second-order valence-electron chi connectivity index (χ2n) is 8.35. The average molecular weight is 558 g/mol. The van der Waals surface area contributed by atoms with Gasteiger partial charge in [-0.25, -0.2) is 4.79 Å². The smallest absolute Gasteiger partial charge is 0.335 e. The summed E-state index contributed by atoms with van der Waals surface area (Å²) in [5.41, 5.74) is 5.69. The third-order valence-electron chi connectivity index (χ3n) is 6.06. The van der Waals surface area contributed by atoms with Crippen molar-refractivity contribution in [3.63, 3.8) is 0 Å². The summed E-state index contributed by atoms with van der Waals surface area (Å²) in [5.74, 6) is -0.0362. The number of halogens is 1. The molecule has 168 valence electrons. The van der Waals surface area contributed by atoms with E-state index in [1.165, 1.54) is 16.3 Å². The third kappa shape index (κ3) is 4.38. The molecule has 0 aliphatic heterocycles. The van der Waals surface area contributed by atoms with E-state index in [-0.39, 0.29) is 0 Å². The highest BCUT2D eigenvalue weighted by atomic mass is 127. The lowest BCUT2D eigenvalue weighted by Gasteiger charge is -2.08. The second kappa shape index (κ2) is 9.47. The SMILES string of the molecule is CCCc1cc(-c2cc3c(ccc4ccccc43)o2)ccc1C=Cc1ccc(C(=O)O)cc1I. The lowest BCUT2D eigenvalue weighted by atomic mass is 9.98. The number of hydrogen-bond donors (Lipinski definition) is 1. The number of carboxylic acid groups (broad SMARTS) is 1. The molecule has 0 unspecified atom stereocenters. The molecule has 0 amide bonds. The van der Waals surface area contributed by atoms with Crippen molar-refractivity contribution in [1.82, 2.24) is 0 Å². The minimum atomic E-state index is -0.909. The Bertz CT molecular complexity index is 1560. The maximum Gasteiger partial charge on any atom is 0.335 e. The lowest BCUT2D eigenvalue weighted by Crippen LogP contribution is -1.97. The molecule has 1 N–H and O–H groups in total. The van der Waals surface area contributed by atoms with Crippen LogP contribution in [0.2, 0.25) is 0 Å². The summed E-state index contributed by atoms with van der Waals surface area (Å²) in [6, 6.07) is 26.3. The van der Waals surface area contributed by atoms with Crippen molar-refractivity contribution in [2.45, 2.75) is 19.8 Å². The van der Waals surface area contributed by atoms with Crippen LogP contribution in [0.25, 0.3) is 45.2 Å². The van der Waals surface area contributed by atoms with Crippen LogP contribution >= 0.6 is 22.6 Å². The number of carbonyl (C=O) groups is 1. The molecule has 0 radical (unpaired) electrons. The van der Waals surface area contributed by atoms with Crippen molar-refractivity contribution >= 4 is 62.5 Å². The highest BCUT2D eigenvalue weighted by molar-refractivity contribution is 14.1. The number of aromatic carboxylic acids is 1. The Hall–Kier alpha value is -3.38. The molecule has 0 aliphatic carbocycles. The summed E-state index contributed by atoms with van der Waals surface area (Å²) in [6.07, 6.45) is 6.17. The largest absolute Gasteiger partial charge is 0.478 e. The molecule has 4 aromatic carbocycles. The molecule has 0 aliphatic rings. The van der Waals surface area contributed by atoms with Gasteiger partial charge in [0, 0.05) is 14.5 Å². The van der Waals surface area contributed by atoms with Gasteiger partial charge in [0.15, 0.2) is 0 Å². The molecule has 34 heavy (non-hydrogen) atoms. The number of aryl methyl sites for hydroxylation is 1. The second-order valence-corrected chi connectivity index (χ2v) is 9.51. The molecule has 5 rings (SSSR count). The molecule has 0 fully saturated rings. The van der Waals surface area contributed by atoms with Gasteiger partial charge in [0.05, 0.1) is 5.56 Å². The normalized spacial score (nSPS) is 11.6. The zero-order valence-corrected chi connectivity index (χ0v) is 20.9. The van der Waals surface area contributed by atoms with Crippen LogP contribution in [0.3, 0.4) is 0 Å². The van der Waals surface area contributed by atoms with Crippen LogP contribution in [0.4, 0.5) is 0 Å². The highest BCUT2D eigenvalue weighted by Gasteiger charge is 2.11. The first-order valence-corrected chi connectivity index (χ1v) is 12.4. The van der Waals surface area contributed by atoms with E-state index < -0.39 is 5.97 Å². The molecule has 5 aromatic rings. The summed E-state index contributed by atoms with van der Waals surface area (Å²) < 4.78 is 7.16. The van der Waals surface area contributed by atoms with Gasteiger partial charge in [-0.2, -0.15) is 0 Å². The standard InChI is InChI=1S/C30H23IO3/c1-2-5-22-16-23(29-18-26-25-7-4-3-6-20(25)14-15-28(26)34-29)12-9-19(22)8-10-21-11-13-24(30(32)33)17-27(21)31/h3-4,6-18H,2,5H2,1H3,(H,32,33). The van der Waals surface area contributed by atoms with E-state index in [9.17, 15) is 9.90 Å². The summed E-state index contributed by atoms with van der Waals surface area (Å²) in [6.45, 7) is 2.18. The van der Waals surface area contributed by atoms with Crippen molar-refractivity contribution < 1.29 is 14.3 Å². The molecular formula is C30H23IO3. The average Bonchev–Trinajstić information content (AvgIpc) is 3.29. The predicted molar refractivity (Wildman–Crippen MR) is 148 cm³/mol. The van der Waals surface area contributed by atoms with Gasteiger partial charge in [0.2, 0.25) is 0 Å². The Kier molecular flexibility index (Phi) is 6.24. The summed E-state index contributed by atoms with van der Waals surface area (Å²) in [4.78, 5) is 11.2. The minimum Gasteiger partial charge on any atom is -0.478 e. The van der Waals surface area contributed by atoms with Gasteiger partial charge >= 0.3 is 5.97 Å². The molecule has 0 saturated carbocycles. The Morgan fingerprint density at radius 1 is 0.912 bits per heavy atom. The van der Waals surface area contributed by atoms with Crippen molar-refractivity contribution in [2.75, 3.05) is 0 Å². The van der Waals surface area contributed by atoms with Gasteiger partial charge < -0.3 is 9.52 Å². The monoisotopic (exact) mass is 558 g/mol. The first kappa shape index (κ1) is 22.4. The Morgan fingerprint density at radius 2 is 1.71 bits per heavy atom. The number of rotatable bonds is 6. The fourth-order valence-electron chi connectivity index (χ4n) is 4.32. The fourth-order valence-corrected chi connectivity index (χ4v) is 5.01. The van der Waals surface area contributed by atoms with Gasteiger partial charge in [0.1, 0.15) is 11.3 Å². The fraction of sp³-hybridized carbons (Fsp3) is 0.100. The van der Waals surface area contributed by atoms with Crippen molar-refractivity contribution in [3.05, 3.63) is 105 Å². The third-order valence-corrected chi connectivity index (χ3v) is 7.00. The zero-order chi connectivity index (χ0) is 23.7. The van der Waals surface area contributed by atoms with Gasteiger partial charge in [-0.1, -0.05) is 74.0 Å². The first-order valence-electron chi connectivity index (χ1n) is 11.3. The topological polar surface area (TPSA) is 50.4 Å². The maximum absolute atomic E-state index is 11.2. The van der Waals surface area contributed by atoms with Gasteiger partial charge in [0.25, 0.3) is 0 Å². The molecule has 0 bridgehead atoms. The van der Waals surface area contributed by atoms with E-state index in [4.69, 9.17) is 4.42 Å². The van der Waals surface area contributed by atoms with Crippen LogP contribution in [0.1, 0.15) is 40.4 Å². The highest BCUT2D eigenvalue weighted by Crippen LogP contribution is 2.34. The summed E-state index contributed by atoms with van der Waals surface area (Å²) in [7, 11) is 0. The molecule has 1 aromatic heterocycles. The van der Waals surface area contributed by atoms with Crippen LogP contribution < -0.4 is 0 Å². The molecule has 4 heteroatoms. The molecule has 1 heterocycles. The van der Waals surface area contributed by atoms with E-state index >= 15 is 0 Å². The molecular weight excluding hydrogens is 535 g/mol. The van der Waals surface area contributed by atoms with Gasteiger partial charge in [-0.05, 0) is 86.8 Å². The zero-order valence-electron chi connectivity index (χ0n) is 18.7. The lowest BCUT2D eigenvalue weighted by molar-refractivity contribution is 0.0697. The Balaban J connectivity index is 1.51. The van der Waals surface area contributed by atoms with Crippen molar-refractivity contribution in [1.29, 1.82) is 0 Å². The number of fused-ring (bicyclic) bond motifs is 3. The van der Waals surface area contributed by atoms with Crippen LogP contribution in [0, 0.1) is 3.57 Å². The van der Waals surface area contributed by atoms with E-state index in [1.54, 1.807) is 12.1 Å². The summed E-state index contributed by atoms with van der Waals surface area (Å²) in [5, 5.41) is 12.7. The number of furan rings is 1. The van der Waals surface area contributed by atoms with Gasteiger partial charge in [-0.3, -0.25) is 0 Å². The minimum absolute atomic E-state index is 0.302. The molecule has 0 saturated heterocycles. The summed E-state index contributed by atoms with van der Waals surface area (Å²) >= 11 is 2.19. The Morgan fingerprint density at radius 3 is 2.50 bits per heavy atom. The quantitative estimate of drug-likeness (QED) is 0.168. The van der Waals surface area contributed by atoms with Crippen LogP contribution in [-0.4, -0.2) is 11.1 Å². The van der Waals surface area contributed by atoms with E-state index in [1.807, 2.05) is 12.1 Å². The van der Waals surface area contributed by atoms with E-state index in [2.05, 4.69) is 96.3 Å². The number of carboxylic acids is 1. The number of benzene rings is 4. The van der Waals surface area contributed by atoms with Crippen LogP contribution in [0.15, 0.2) is 83.3 Å². The van der Waals surface area contributed by atoms with Crippen molar-refractivity contribution in [3.8, 4) is 11.3 Å². The van der Waals surface area contributed by atoms with E-state index in [0.717, 1.165) is 49.8 Å². The van der Waals surface area contributed by atoms with Crippen LogP contribution in [-0.2, 0) is 6.42 Å². The first-order chi connectivity index (χ1) is 16.5. The van der Waals surface area contributed by atoms with Crippen LogP contribution in [0.5, 0.6) is 0 Å². The molecule has 0 atom stereocenters. The maximum atomic E-state index is 11.2. The molecule has 3 nitrogen and oxygen atoms in total. The molecule has 0 spiro atoms. The van der Waals surface area contributed by atoms with Crippen molar-refractivity contribution in [2.24, 2.45) is 0 Å².